The van der Waals surface area contributed by atoms with Crippen LogP contribution in [0.25, 0.3) is 22.5 Å². The van der Waals surface area contributed by atoms with Gasteiger partial charge in [-0.1, -0.05) is 0 Å². The number of nitrogens with zero attached hydrogens (tertiary/aromatic N) is 6. The molecule has 0 unspecified atom stereocenters. The van der Waals surface area contributed by atoms with E-state index in [4.69, 9.17) is 30.1 Å². The van der Waals surface area contributed by atoms with Gasteiger partial charge in [0.05, 0.1) is 35.4 Å². The smallest absolute Gasteiger partial charge is 0.461 e. The molecule has 14 nitrogen and oxygen atoms in total. The first-order chi connectivity index (χ1) is 22.9. The van der Waals surface area contributed by atoms with Crippen LogP contribution >= 0.6 is 11.6 Å². The van der Waals surface area contributed by atoms with Gasteiger partial charge in [-0.05, 0) is 95.0 Å². The molecule has 0 aliphatic carbocycles. The highest BCUT2D eigenvalue weighted by Crippen LogP contribution is 2.36. The lowest BCUT2D eigenvalue weighted by Crippen LogP contribution is -2.41. The van der Waals surface area contributed by atoms with Crippen molar-refractivity contribution in [2.24, 2.45) is 0 Å². The Kier molecular flexibility index (Phi) is 10.3. The molecule has 6 aromatic heterocycles. The van der Waals surface area contributed by atoms with Crippen LogP contribution in [0.4, 0.5) is 0 Å². The monoisotopic (exact) mass is 676 g/mol. The highest BCUT2D eigenvalue weighted by Gasteiger charge is 2.51. The van der Waals surface area contributed by atoms with Gasteiger partial charge in [0.1, 0.15) is 12.5 Å². The molecule has 0 atom stereocenters. The van der Waals surface area contributed by atoms with Gasteiger partial charge < -0.3 is 27.6 Å². The molecule has 0 N–H and O–H groups in total. The topological polar surface area (TPSA) is 158 Å². The summed E-state index contributed by atoms with van der Waals surface area (Å²) in [6.45, 7) is 12.3. The Hall–Kier alpha value is -4.99. The number of oxazole rings is 2. The zero-order chi connectivity index (χ0) is 34.5. The molecule has 0 bridgehead atoms. The molecule has 0 radical (unpaired) electrons. The minimum absolute atomic E-state index is 0.0620. The second-order valence-corrected chi connectivity index (χ2v) is 11.7. The van der Waals surface area contributed by atoms with Crippen molar-refractivity contribution in [1.29, 1.82) is 0 Å². The van der Waals surface area contributed by atoms with Crippen molar-refractivity contribution in [1.82, 2.24) is 29.2 Å². The second kappa shape index (κ2) is 14.4. The number of rotatable bonds is 6. The summed E-state index contributed by atoms with van der Waals surface area (Å²) < 4.78 is 35.0. The molecule has 6 aromatic rings. The first-order valence-electron chi connectivity index (χ1n) is 15.0. The lowest BCUT2D eigenvalue weighted by molar-refractivity contribution is 0.00578. The summed E-state index contributed by atoms with van der Waals surface area (Å²) in [4.78, 5) is 30.0. The highest BCUT2D eigenvalue weighted by molar-refractivity contribution is 6.62. The Bertz CT molecular complexity index is 2000. The van der Waals surface area contributed by atoms with Crippen LogP contribution in [0.3, 0.4) is 0 Å². The van der Waals surface area contributed by atoms with Crippen molar-refractivity contribution in [2.75, 3.05) is 13.2 Å². The van der Waals surface area contributed by atoms with E-state index in [1.54, 1.807) is 37.0 Å². The van der Waals surface area contributed by atoms with Gasteiger partial charge in [-0.3, -0.25) is 0 Å². The van der Waals surface area contributed by atoms with E-state index < -0.39 is 11.9 Å². The maximum Gasteiger partial charge on any atom is 0.494 e. The fourth-order valence-corrected chi connectivity index (χ4v) is 4.51. The molecular formula is C32H34BClN6O8. The van der Waals surface area contributed by atoms with Crippen molar-refractivity contribution in [3.63, 3.8) is 0 Å². The molecular weight excluding hydrogens is 643 g/mol. The maximum absolute atomic E-state index is 11.5. The van der Waals surface area contributed by atoms with E-state index in [1.165, 1.54) is 6.26 Å². The van der Waals surface area contributed by atoms with Gasteiger partial charge in [0.15, 0.2) is 11.4 Å². The van der Waals surface area contributed by atoms with Gasteiger partial charge >= 0.3 is 19.1 Å². The summed E-state index contributed by atoms with van der Waals surface area (Å²) in [5.74, 6) is -0.627. The predicted molar refractivity (Wildman–Crippen MR) is 175 cm³/mol. The maximum atomic E-state index is 11.5. The van der Waals surface area contributed by atoms with Crippen LogP contribution in [0.2, 0.25) is 5.35 Å². The zero-order valence-corrected chi connectivity index (χ0v) is 28.0. The lowest BCUT2D eigenvalue weighted by atomic mass is 9.79. The Labute approximate surface area is 281 Å². The first kappa shape index (κ1) is 34.4. The van der Waals surface area contributed by atoms with Crippen LogP contribution in [0, 0.1) is 0 Å². The zero-order valence-electron chi connectivity index (χ0n) is 27.2. The minimum atomic E-state index is -0.525. The molecule has 0 saturated carbocycles. The minimum Gasteiger partial charge on any atom is -0.461 e. The third kappa shape index (κ3) is 7.76. The number of pyridine rings is 2. The molecule has 1 saturated heterocycles. The van der Waals surface area contributed by atoms with Crippen LogP contribution < -0.4 is 5.46 Å². The predicted octanol–water partition coefficient (Wildman–Crippen LogP) is 5.30. The van der Waals surface area contributed by atoms with Gasteiger partial charge in [0.2, 0.25) is 5.89 Å². The SMILES string of the molecule is CC1(C)OB(c2ccn3nccc3c2)OC1(C)C.CCOC(=O)c1coc(-c2ccn3nccc3c2)n1.CCOC(=O)c1coc(Cl)n1. The molecule has 16 heteroatoms. The molecule has 1 aliphatic rings. The number of esters is 2. The van der Waals surface area contributed by atoms with Gasteiger partial charge in [0.25, 0.3) is 5.35 Å². The summed E-state index contributed by atoms with van der Waals surface area (Å²) in [5.41, 5.74) is 3.44. The average molecular weight is 677 g/mol. The standard InChI is InChI=1S/C13H17BN2O2.C13H11N3O3.C6H6ClNO3/c1-12(2)13(3,4)18-14(17-12)10-6-8-16-11(9-10)5-7-15-16;1-2-18-13(17)11-8-19-12(15-11)9-4-6-16-10(7-9)3-5-14-16;1-2-10-5(9)4-3-11-6(7)8-4/h5-9H,1-4H3;3-8H,2H2,1H3;3H,2H2,1H3. The van der Waals surface area contributed by atoms with Crippen LogP contribution in [0.5, 0.6) is 0 Å². The van der Waals surface area contributed by atoms with Crippen LogP contribution in [-0.4, -0.2) is 72.7 Å². The summed E-state index contributed by atoms with van der Waals surface area (Å²) in [6, 6.07) is 11.6. The number of fused-ring (bicyclic) bond motifs is 2. The molecule has 1 fully saturated rings. The van der Waals surface area contributed by atoms with E-state index in [-0.39, 0.29) is 35.1 Å². The third-order valence-corrected chi connectivity index (χ3v) is 7.72. The Morgan fingerprint density at radius 3 is 1.90 bits per heavy atom. The van der Waals surface area contributed by atoms with E-state index in [0.717, 1.165) is 28.3 Å². The van der Waals surface area contributed by atoms with E-state index in [1.807, 2.05) is 41.0 Å². The van der Waals surface area contributed by atoms with Crippen LogP contribution in [0.15, 0.2) is 82.5 Å². The lowest BCUT2D eigenvalue weighted by Gasteiger charge is -2.32. The number of hydrogen-bond acceptors (Lipinski definition) is 12. The molecule has 1 aliphatic heterocycles. The highest BCUT2D eigenvalue weighted by atomic mass is 35.5. The van der Waals surface area contributed by atoms with Gasteiger partial charge in [-0.2, -0.15) is 15.2 Å². The molecule has 7 heterocycles. The second-order valence-electron chi connectivity index (χ2n) is 11.3. The Balaban J connectivity index is 0.000000146. The Morgan fingerprint density at radius 2 is 1.33 bits per heavy atom. The molecule has 7 rings (SSSR count). The summed E-state index contributed by atoms with van der Waals surface area (Å²) >= 11 is 5.32. The number of carbonyl (C=O) groups excluding carboxylic acids is 2. The van der Waals surface area contributed by atoms with E-state index in [2.05, 4.69) is 63.1 Å². The quantitative estimate of drug-likeness (QED) is 0.166. The average Bonchev–Trinajstić information content (AvgIpc) is 3.89. The van der Waals surface area contributed by atoms with E-state index in [9.17, 15) is 9.59 Å². The van der Waals surface area contributed by atoms with Crippen molar-refractivity contribution in [2.45, 2.75) is 52.7 Å². The van der Waals surface area contributed by atoms with Crippen LogP contribution in [-0.2, 0) is 18.8 Å². The van der Waals surface area contributed by atoms with Crippen molar-refractivity contribution >= 4 is 47.2 Å². The number of ether oxygens (including phenoxy) is 2. The molecule has 48 heavy (non-hydrogen) atoms. The van der Waals surface area contributed by atoms with E-state index in [0.29, 0.717) is 19.1 Å². The van der Waals surface area contributed by atoms with Crippen molar-refractivity contribution in [3.05, 3.63) is 90.4 Å². The molecule has 0 spiro atoms. The fourth-order valence-electron chi connectivity index (χ4n) is 4.38. The van der Waals surface area contributed by atoms with Gasteiger partial charge in [0, 0.05) is 30.4 Å². The third-order valence-electron chi connectivity index (χ3n) is 7.55. The van der Waals surface area contributed by atoms with Crippen LogP contribution in [0.1, 0.15) is 62.5 Å². The largest absolute Gasteiger partial charge is 0.494 e. The van der Waals surface area contributed by atoms with E-state index >= 15 is 0 Å². The number of hydrogen-bond donors (Lipinski definition) is 0. The number of aromatic nitrogens is 6. The molecule has 0 aromatic carbocycles. The summed E-state index contributed by atoms with van der Waals surface area (Å²) in [6.07, 6.45) is 9.67. The number of carbonyl (C=O) groups is 2. The van der Waals surface area contributed by atoms with Crippen molar-refractivity contribution < 1.29 is 37.2 Å². The van der Waals surface area contributed by atoms with Gasteiger partial charge in [-0.25, -0.2) is 23.6 Å². The summed E-state index contributed by atoms with van der Waals surface area (Å²) in [5, 5.41) is 8.22. The molecule has 250 valence electrons. The first-order valence-corrected chi connectivity index (χ1v) is 15.4. The molecule has 0 amide bonds. The Morgan fingerprint density at radius 1 is 0.792 bits per heavy atom. The normalized spacial score (nSPS) is 14.6. The summed E-state index contributed by atoms with van der Waals surface area (Å²) in [7, 11) is -0.310. The number of halogens is 1. The fraction of sp³-hybridized carbons (Fsp3) is 0.312. The van der Waals surface area contributed by atoms with Gasteiger partial charge in [-0.15, -0.1) is 0 Å². The van der Waals surface area contributed by atoms with Crippen molar-refractivity contribution in [3.8, 4) is 11.5 Å².